The van der Waals surface area contributed by atoms with Gasteiger partial charge < -0.3 is 14.0 Å². The van der Waals surface area contributed by atoms with Crippen LogP contribution in [-0.4, -0.2) is 35.8 Å². The van der Waals surface area contributed by atoms with Crippen LogP contribution in [0.1, 0.15) is 25.6 Å². The molecule has 0 saturated carbocycles. The molecule has 0 amide bonds. The highest BCUT2D eigenvalue weighted by molar-refractivity contribution is 6.17. The molecule has 4 nitrogen and oxygen atoms in total. The van der Waals surface area contributed by atoms with E-state index < -0.39 is 0 Å². The molecule has 1 aromatic carbocycles. The van der Waals surface area contributed by atoms with Crippen molar-refractivity contribution < 1.29 is 9.47 Å². The molecule has 0 aliphatic rings. The van der Waals surface area contributed by atoms with E-state index in [-0.39, 0.29) is 0 Å². The molecule has 1 heterocycles. The first-order valence-corrected chi connectivity index (χ1v) is 8.00. The molecule has 0 bridgehead atoms. The van der Waals surface area contributed by atoms with Gasteiger partial charge in [0.2, 0.25) is 0 Å². The number of rotatable bonds is 9. The van der Waals surface area contributed by atoms with Gasteiger partial charge in [0.1, 0.15) is 11.6 Å². The van der Waals surface area contributed by atoms with Crippen LogP contribution in [0.3, 0.4) is 0 Å². The molecule has 0 spiro atoms. The van der Waals surface area contributed by atoms with Crippen molar-refractivity contribution in [3.05, 3.63) is 24.0 Å². The first-order valence-electron chi connectivity index (χ1n) is 7.47. The van der Waals surface area contributed by atoms with E-state index in [0.29, 0.717) is 5.88 Å². The highest BCUT2D eigenvalue weighted by Gasteiger charge is 2.11. The van der Waals surface area contributed by atoms with Crippen molar-refractivity contribution >= 4 is 22.6 Å². The lowest BCUT2D eigenvalue weighted by molar-refractivity contribution is 0.129. The van der Waals surface area contributed by atoms with Crippen LogP contribution >= 0.6 is 11.6 Å². The Bertz CT molecular complexity index is 569. The number of aromatic nitrogens is 2. The van der Waals surface area contributed by atoms with Gasteiger partial charge in [0, 0.05) is 38.1 Å². The van der Waals surface area contributed by atoms with E-state index in [2.05, 4.69) is 16.5 Å². The van der Waals surface area contributed by atoms with Crippen LogP contribution in [0.25, 0.3) is 11.0 Å². The molecule has 5 heteroatoms. The lowest BCUT2D eigenvalue weighted by Crippen LogP contribution is -2.07. The first-order chi connectivity index (χ1) is 10.3. The van der Waals surface area contributed by atoms with Crippen molar-refractivity contribution in [1.82, 2.24) is 9.55 Å². The Morgan fingerprint density at radius 3 is 2.86 bits per heavy atom. The first kappa shape index (κ1) is 16.1. The largest absolute Gasteiger partial charge is 0.497 e. The molecule has 0 unspecified atom stereocenters. The summed E-state index contributed by atoms with van der Waals surface area (Å²) in [6, 6.07) is 5.97. The van der Waals surface area contributed by atoms with E-state index in [4.69, 9.17) is 21.1 Å². The molecule has 21 heavy (non-hydrogen) atoms. The zero-order chi connectivity index (χ0) is 15.1. The van der Waals surface area contributed by atoms with Gasteiger partial charge in [0.25, 0.3) is 0 Å². The number of imidazole rings is 1. The maximum atomic E-state index is 5.89. The third-order valence-electron chi connectivity index (χ3n) is 3.37. The van der Waals surface area contributed by atoms with Crippen LogP contribution in [0, 0.1) is 0 Å². The minimum absolute atomic E-state index is 0.576. The van der Waals surface area contributed by atoms with Crippen LogP contribution in [0.5, 0.6) is 5.75 Å². The van der Waals surface area contributed by atoms with Gasteiger partial charge in [0.15, 0.2) is 0 Å². The highest BCUT2D eigenvalue weighted by Crippen LogP contribution is 2.22. The lowest BCUT2D eigenvalue weighted by atomic mass is 10.3. The average Bonchev–Trinajstić information content (AvgIpc) is 2.84. The third kappa shape index (κ3) is 4.11. The predicted octanol–water partition coefficient (Wildman–Crippen LogP) is 3.64. The van der Waals surface area contributed by atoms with E-state index in [0.717, 1.165) is 61.6 Å². The summed E-state index contributed by atoms with van der Waals surface area (Å²) < 4.78 is 13.1. The number of methoxy groups -OCH3 is 1. The van der Waals surface area contributed by atoms with Crippen molar-refractivity contribution in [1.29, 1.82) is 0 Å². The number of halogens is 1. The third-order valence-corrected chi connectivity index (χ3v) is 3.56. The summed E-state index contributed by atoms with van der Waals surface area (Å²) in [6.45, 7) is 4.61. The molecule has 0 saturated heterocycles. The topological polar surface area (TPSA) is 36.3 Å². The van der Waals surface area contributed by atoms with Crippen LogP contribution in [0.15, 0.2) is 18.2 Å². The smallest absolute Gasteiger partial charge is 0.121 e. The van der Waals surface area contributed by atoms with Gasteiger partial charge in [-0.15, -0.1) is 11.6 Å². The standard InChI is InChI=1S/C16H23ClN2O2/c1-3-10-21-11-4-9-19-15-12-13(20-2)5-6-14(15)18-16(19)7-8-17/h5-6,12H,3-4,7-11H2,1-2H3. The Hall–Kier alpha value is -1.26. The predicted molar refractivity (Wildman–Crippen MR) is 86.4 cm³/mol. The molecule has 1 aromatic heterocycles. The van der Waals surface area contributed by atoms with Gasteiger partial charge in [-0.3, -0.25) is 0 Å². The SMILES string of the molecule is CCCOCCCn1c(CCCl)nc2ccc(OC)cc21. The zero-order valence-corrected chi connectivity index (χ0v) is 13.5. The second-order valence-electron chi connectivity index (χ2n) is 4.94. The fraction of sp³-hybridized carbons (Fsp3) is 0.562. The van der Waals surface area contributed by atoms with E-state index in [1.807, 2.05) is 18.2 Å². The van der Waals surface area contributed by atoms with Gasteiger partial charge in [-0.05, 0) is 25.0 Å². The summed E-state index contributed by atoms with van der Waals surface area (Å²) in [7, 11) is 1.68. The quantitative estimate of drug-likeness (QED) is 0.524. The van der Waals surface area contributed by atoms with Crippen LogP contribution < -0.4 is 4.74 Å². The van der Waals surface area contributed by atoms with E-state index in [1.54, 1.807) is 7.11 Å². The summed E-state index contributed by atoms with van der Waals surface area (Å²) in [5, 5.41) is 0. The van der Waals surface area contributed by atoms with Gasteiger partial charge >= 0.3 is 0 Å². The van der Waals surface area contributed by atoms with Gasteiger partial charge in [-0.25, -0.2) is 4.98 Å². The summed E-state index contributed by atoms with van der Waals surface area (Å²) in [5.74, 6) is 2.46. The number of ether oxygens (including phenoxy) is 2. The van der Waals surface area contributed by atoms with E-state index >= 15 is 0 Å². The lowest BCUT2D eigenvalue weighted by Gasteiger charge is -2.09. The number of hydrogen-bond acceptors (Lipinski definition) is 3. The Morgan fingerprint density at radius 2 is 2.14 bits per heavy atom. The zero-order valence-electron chi connectivity index (χ0n) is 12.8. The van der Waals surface area contributed by atoms with Gasteiger partial charge in [-0.2, -0.15) is 0 Å². The Labute approximate surface area is 131 Å². The summed E-state index contributed by atoms with van der Waals surface area (Å²) in [6.07, 6.45) is 2.80. The molecule has 2 rings (SSSR count). The van der Waals surface area contributed by atoms with E-state index in [9.17, 15) is 0 Å². The van der Waals surface area contributed by atoms with Crippen molar-refractivity contribution in [3.8, 4) is 5.75 Å². The number of aryl methyl sites for hydroxylation is 2. The fourth-order valence-electron chi connectivity index (χ4n) is 2.38. The second-order valence-corrected chi connectivity index (χ2v) is 5.32. The molecule has 0 aliphatic carbocycles. The molecule has 2 aromatic rings. The minimum Gasteiger partial charge on any atom is -0.497 e. The Balaban J connectivity index is 2.18. The van der Waals surface area contributed by atoms with Crippen molar-refractivity contribution in [2.45, 2.75) is 32.7 Å². The summed E-state index contributed by atoms with van der Waals surface area (Å²) in [4.78, 5) is 4.68. The maximum Gasteiger partial charge on any atom is 0.121 e. The van der Waals surface area contributed by atoms with E-state index in [1.165, 1.54) is 0 Å². The van der Waals surface area contributed by atoms with Crippen LogP contribution in [-0.2, 0) is 17.7 Å². The monoisotopic (exact) mass is 310 g/mol. The summed E-state index contributed by atoms with van der Waals surface area (Å²) in [5.41, 5.74) is 2.09. The highest BCUT2D eigenvalue weighted by atomic mass is 35.5. The van der Waals surface area contributed by atoms with Crippen molar-refractivity contribution in [3.63, 3.8) is 0 Å². The Kier molecular flexibility index (Phi) is 6.33. The van der Waals surface area contributed by atoms with Gasteiger partial charge in [0.05, 0.1) is 18.1 Å². The van der Waals surface area contributed by atoms with Crippen LogP contribution in [0.2, 0.25) is 0 Å². The fourth-order valence-corrected chi connectivity index (χ4v) is 2.54. The molecular formula is C16H23ClN2O2. The molecule has 0 fully saturated rings. The number of hydrogen-bond donors (Lipinski definition) is 0. The van der Waals surface area contributed by atoms with Crippen LogP contribution in [0.4, 0.5) is 0 Å². The summed E-state index contributed by atoms with van der Waals surface area (Å²) >= 11 is 5.89. The average molecular weight is 311 g/mol. The molecule has 116 valence electrons. The number of nitrogens with zero attached hydrogens (tertiary/aromatic N) is 2. The van der Waals surface area contributed by atoms with Crippen molar-refractivity contribution in [2.75, 3.05) is 26.2 Å². The molecule has 0 radical (unpaired) electrons. The molecule has 0 aliphatic heterocycles. The number of benzene rings is 1. The van der Waals surface area contributed by atoms with Gasteiger partial charge in [-0.1, -0.05) is 6.92 Å². The second kappa shape index (κ2) is 8.25. The maximum absolute atomic E-state index is 5.89. The van der Waals surface area contributed by atoms with Crippen molar-refractivity contribution in [2.24, 2.45) is 0 Å². The molecule has 0 N–H and O–H groups in total. The minimum atomic E-state index is 0.576. The normalized spacial score (nSPS) is 11.2. The Morgan fingerprint density at radius 1 is 1.29 bits per heavy atom. The number of fused-ring (bicyclic) bond motifs is 1. The molecular weight excluding hydrogens is 288 g/mol. The number of alkyl halides is 1. The molecule has 0 atom stereocenters.